The first kappa shape index (κ1) is 24.3. The van der Waals surface area contributed by atoms with Gasteiger partial charge in [-0.2, -0.15) is 0 Å². The Balaban J connectivity index is 3.12. The van der Waals surface area contributed by atoms with Crippen LogP contribution in [0.4, 0.5) is 0 Å². The molecule has 0 atom stereocenters. The summed E-state index contributed by atoms with van der Waals surface area (Å²) in [6, 6.07) is 0. The number of hydrogen-bond acceptors (Lipinski definition) is 6. The first-order valence-corrected chi connectivity index (χ1v) is 9.49. The van der Waals surface area contributed by atoms with Gasteiger partial charge < -0.3 is 23.7 Å². The van der Waals surface area contributed by atoms with Gasteiger partial charge in [0.1, 0.15) is 0 Å². The molecule has 0 saturated carbocycles. The zero-order chi connectivity index (χ0) is 18.8. The molecule has 0 radical (unpaired) electrons. The minimum atomic E-state index is -0.143. The fourth-order valence-electron chi connectivity index (χ4n) is 1.78. The molecule has 0 bridgehead atoms. The van der Waals surface area contributed by atoms with Gasteiger partial charge in [-0.25, -0.2) is 0 Å². The van der Waals surface area contributed by atoms with E-state index in [0.29, 0.717) is 77.5 Å². The van der Waals surface area contributed by atoms with Crippen LogP contribution in [0.1, 0.15) is 47.0 Å². The van der Waals surface area contributed by atoms with E-state index >= 15 is 0 Å². The second-order valence-corrected chi connectivity index (χ2v) is 6.81. The number of carbonyl (C=O) groups is 1. The average Bonchev–Trinajstić information content (AvgIpc) is 2.54. The predicted octanol–water partition coefficient (Wildman–Crippen LogP) is 3.08. The maximum atomic E-state index is 11.4. The Morgan fingerprint density at radius 1 is 0.680 bits per heavy atom. The first-order valence-electron chi connectivity index (χ1n) is 9.49. The zero-order valence-corrected chi connectivity index (χ0v) is 16.6. The summed E-state index contributed by atoms with van der Waals surface area (Å²) in [4.78, 5) is 11.4. The van der Waals surface area contributed by atoms with E-state index in [2.05, 4.69) is 27.7 Å². The minimum Gasteiger partial charge on any atom is -0.466 e. The van der Waals surface area contributed by atoms with Crippen LogP contribution in [-0.2, 0) is 28.5 Å². The molecule has 0 aromatic rings. The van der Waals surface area contributed by atoms with Crippen LogP contribution in [-0.4, -0.2) is 65.4 Å². The molecule has 0 aliphatic carbocycles. The van der Waals surface area contributed by atoms with Crippen LogP contribution < -0.4 is 0 Å². The van der Waals surface area contributed by atoms with Crippen LogP contribution in [0.3, 0.4) is 0 Å². The summed E-state index contributed by atoms with van der Waals surface area (Å²) >= 11 is 0. The highest BCUT2D eigenvalue weighted by molar-refractivity contribution is 5.69. The van der Waals surface area contributed by atoms with Gasteiger partial charge in [0.15, 0.2) is 0 Å². The van der Waals surface area contributed by atoms with E-state index < -0.39 is 0 Å². The van der Waals surface area contributed by atoms with Crippen molar-refractivity contribution in [3.63, 3.8) is 0 Å². The highest BCUT2D eigenvalue weighted by Crippen LogP contribution is 2.01. The minimum absolute atomic E-state index is 0.143. The molecule has 0 fully saturated rings. The fourth-order valence-corrected chi connectivity index (χ4v) is 1.78. The highest BCUT2D eigenvalue weighted by Gasteiger charge is 2.03. The van der Waals surface area contributed by atoms with Crippen LogP contribution >= 0.6 is 0 Å². The smallest absolute Gasteiger partial charge is 0.305 e. The summed E-state index contributed by atoms with van der Waals surface area (Å²) in [5.41, 5.74) is 0. The Hall–Kier alpha value is -0.690. The van der Waals surface area contributed by atoms with Crippen molar-refractivity contribution in [3.05, 3.63) is 0 Å². The number of ether oxygens (including phenoxy) is 5. The molecule has 0 saturated heterocycles. The van der Waals surface area contributed by atoms with Crippen molar-refractivity contribution in [2.45, 2.75) is 47.0 Å². The monoisotopic (exact) mass is 362 g/mol. The Bertz CT molecular complexity index is 294. The summed E-state index contributed by atoms with van der Waals surface area (Å²) in [5.74, 6) is 0.966. The van der Waals surface area contributed by atoms with Gasteiger partial charge in [-0.05, 0) is 24.7 Å². The molecule has 25 heavy (non-hydrogen) atoms. The number of esters is 1. The zero-order valence-electron chi connectivity index (χ0n) is 16.6. The maximum Gasteiger partial charge on any atom is 0.305 e. The van der Waals surface area contributed by atoms with Crippen LogP contribution in [0.25, 0.3) is 0 Å². The molecular formula is C19H38O6. The van der Waals surface area contributed by atoms with Crippen molar-refractivity contribution in [3.8, 4) is 0 Å². The lowest BCUT2D eigenvalue weighted by Gasteiger charge is -2.08. The molecule has 6 heteroatoms. The number of rotatable bonds is 18. The predicted molar refractivity (Wildman–Crippen MR) is 97.8 cm³/mol. The SMILES string of the molecule is CC(C)CCOC(=O)CCCOCCOCCOCCOCC(C)C. The Morgan fingerprint density at radius 2 is 1.20 bits per heavy atom. The third kappa shape index (κ3) is 21.3. The summed E-state index contributed by atoms with van der Waals surface area (Å²) < 4.78 is 26.7. The topological polar surface area (TPSA) is 63.2 Å². The van der Waals surface area contributed by atoms with Crippen molar-refractivity contribution in [2.24, 2.45) is 11.8 Å². The second-order valence-electron chi connectivity index (χ2n) is 6.81. The Labute approximate surface area is 153 Å². The fraction of sp³-hybridized carbons (Fsp3) is 0.947. The van der Waals surface area contributed by atoms with E-state index in [1.807, 2.05) is 0 Å². The van der Waals surface area contributed by atoms with E-state index in [1.54, 1.807) is 0 Å². The number of carbonyl (C=O) groups excluding carboxylic acids is 1. The van der Waals surface area contributed by atoms with Gasteiger partial charge in [-0.1, -0.05) is 27.7 Å². The molecule has 0 rings (SSSR count). The molecule has 0 aromatic carbocycles. The second kappa shape index (κ2) is 18.1. The van der Waals surface area contributed by atoms with Crippen molar-refractivity contribution < 1.29 is 28.5 Å². The van der Waals surface area contributed by atoms with Gasteiger partial charge in [0.2, 0.25) is 0 Å². The van der Waals surface area contributed by atoms with E-state index in [1.165, 1.54) is 0 Å². The quantitative estimate of drug-likeness (QED) is 0.276. The summed E-state index contributed by atoms with van der Waals surface area (Å²) in [6.45, 7) is 13.7. The van der Waals surface area contributed by atoms with Gasteiger partial charge in [0.25, 0.3) is 0 Å². The van der Waals surface area contributed by atoms with Gasteiger partial charge in [-0.15, -0.1) is 0 Å². The standard InChI is InChI=1S/C19H38O6/c1-17(2)7-9-25-19(20)6-5-8-21-10-11-22-12-13-23-14-15-24-16-18(3)4/h17-18H,5-16H2,1-4H3. The van der Waals surface area contributed by atoms with Crippen LogP contribution in [0.5, 0.6) is 0 Å². The molecule has 0 spiro atoms. The van der Waals surface area contributed by atoms with Crippen molar-refractivity contribution in [1.82, 2.24) is 0 Å². The highest BCUT2D eigenvalue weighted by atomic mass is 16.6. The van der Waals surface area contributed by atoms with E-state index in [0.717, 1.165) is 13.0 Å². The molecule has 0 aliphatic rings. The van der Waals surface area contributed by atoms with Crippen molar-refractivity contribution >= 4 is 5.97 Å². The van der Waals surface area contributed by atoms with Crippen LogP contribution in [0.2, 0.25) is 0 Å². The summed E-state index contributed by atoms with van der Waals surface area (Å²) in [7, 11) is 0. The average molecular weight is 363 g/mol. The summed E-state index contributed by atoms with van der Waals surface area (Å²) in [6.07, 6.45) is 2.00. The molecule has 150 valence electrons. The molecule has 6 nitrogen and oxygen atoms in total. The lowest BCUT2D eigenvalue weighted by atomic mass is 10.1. The lowest BCUT2D eigenvalue weighted by molar-refractivity contribution is -0.144. The molecule has 0 heterocycles. The van der Waals surface area contributed by atoms with Crippen molar-refractivity contribution in [2.75, 3.05) is 59.5 Å². The third-order valence-electron chi connectivity index (χ3n) is 3.20. The molecule has 0 N–H and O–H groups in total. The van der Waals surface area contributed by atoms with Gasteiger partial charge in [0, 0.05) is 19.6 Å². The largest absolute Gasteiger partial charge is 0.466 e. The van der Waals surface area contributed by atoms with Crippen LogP contribution in [0.15, 0.2) is 0 Å². The normalized spacial score (nSPS) is 11.4. The van der Waals surface area contributed by atoms with Gasteiger partial charge in [-0.3, -0.25) is 4.79 Å². The molecular weight excluding hydrogens is 324 g/mol. The Kier molecular flexibility index (Phi) is 17.6. The third-order valence-corrected chi connectivity index (χ3v) is 3.20. The maximum absolute atomic E-state index is 11.4. The summed E-state index contributed by atoms with van der Waals surface area (Å²) in [5, 5.41) is 0. The molecule has 0 aromatic heterocycles. The number of hydrogen-bond donors (Lipinski definition) is 0. The van der Waals surface area contributed by atoms with Gasteiger partial charge >= 0.3 is 5.97 Å². The lowest BCUT2D eigenvalue weighted by Crippen LogP contribution is -2.13. The molecule has 0 aliphatic heterocycles. The molecule has 0 amide bonds. The van der Waals surface area contributed by atoms with Gasteiger partial charge in [0.05, 0.1) is 46.2 Å². The molecule has 0 unspecified atom stereocenters. The van der Waals surface area contributed by atoms with E-state index in [4.69, 9.17) is 23.7 Å². The van der Waals surface area contributed by atoms with E-state index in [9.17, 15) is 4.79 Å². The van der Waals surface area contributed by atoms with E-state index in [-0.39, 0.29) is 5.97 Å². The first-order chi connectivity index (χ1) is 12.0. The van der Waals surface area contributed by atoms with Crippen LogP contribution in [0, 0.1) is 11.8 Å². The Morgan fingerprint density at radius 3 is 1.72 bits per heavy atom. The van der Waals surface area contributed by atoms with Crippen molar-refractivity contribution in [1.29, 1.82) is 0 Å².